The second kappa shape index (κ2) is 9.06. The number of sulfonamides is 1. The number of carbonyl (C=O) groups is 2. The highest BCUT2D eigenvalue weighted by atomic mass is 79.9. The molecule has 1 heterocycles. The minimum atomic E-state index is -3.77. The van der Waals surface area contributed by atoms with E-state index in [4.69, 9.17) is 0 Å². The number of nitrogens with one attached hydrogen (secondary N) is 2. The summed E-state index contributed by atoms with van der Waals surface area (Å²) in [5, 5.41) is 5.23. The third-order valence-corrected chi connectivity index (χ3v) is 7.14. The van der Waals surface area contributed by atoms with Gasteiger partial charge in [0.15, 0.2) is 0 Å². The molecule has 1 aliphatic heterocycles. The molecule has 0 saturated carbocycles. The number of hydrogen-bond acceptors (Lipinski definition) is 4. The molecule has 0 aliphatic carbocycles. The molecule has 1 atom stereocenters. The van der Waals surface area contributed by atoms with Crippen LogP contribution in [0.5, 0.6) is 0 Å². The lowest BCUT2D eigenvalue weighted by molar-refractivity contribution is -0.126. The molecular weight excluding hydrogens is 458 g/mol. The number of aryl methyl sites for hydroxylation is 1. The van der Waals surface area contributed by atoms with Crippen molar-refractivity contribution < 1.29 is 18.0 Å². The predicted octanol–water partition coefficient (Wildman–Crippen LogP) is 2.67. The Bertz CT molecular complexity index is 991. The van der Waals surface area contributed by atoms with Crippen LogP contribution in [0.25, 0.3) is 0 Å². The zero-order valence-electron chi connectivity index (χ0n) is 15.9. The lowest BCUT2D eigenvalue weighted by Crippen LogP contribution is -2.47. The van der Waals surface area contributed by atoms with Gasteiger partial charge in [0, 0.05) is 16.7 Å². The van der Waals surface area contributed by atoms with Crippen LogP contribution >= 0.6 is 15.9 Å². The summed E-state index contributed by atoms with van der Waals surface area (Å²) in [7, 11) is -3.77. The number of hydrogen-bond donors (Lipinski definition) is 2. The van der Waals surface area contributed by atoms with Crippen molar-refractivity contribution in [1.82, 2.24) is 9.62 Å². The quantitative estimate of drug-likeness (QED) is 0.665. The van der Waals surface area contributed by atoms with Crippen LogP contribution in [0.2, 0.25) is 0 Å². The normalized spacial score (nSPS) is 17.1. The van der Waals surface area contributed by atoms with E-state index in [-0.39, 0.29) is 23.9 Å². The van der Waals surface area contributed by atoms with Gasteiger partial charge in [0.2, 0.25) is 21.8 Å². The van der Waals surface area contributed by atoms with Crippen molar-refractivity contribution in [2.45, 2.75) is 30.7 Å². The molecule has 1 saturated heterocycles. The Balaban J connectivity index is 1.61. The number of amides is 2. The first-order chi connectivity index (χ1) is 13.8. The van der Waals surface area contributed by atoms with E-state index in [2.05, 4.69) is 26.6 Å². The zero-order valence-corrected chi connectivity index (χ0v) is 18.3. The van der Waals surface area contributed by atoms with Crippen molar-refractivity contribution in [3.63, 3.8) is 0 Å². The first-order valence-corrected chi connectivity index (χ1v) is 11.4. The van der Waals surface area contributed by atoms with E-state index in [1.165, 1.54) is 4.31 Å². The summed E-state index contributed by atoms with van der Waals surface area (Å²) in [4.78, 5) is 24.8. The van der Waals surface area contributed by atoms with Gasteiger partial charge in [-0.15, -0.1) is 0 Å². The highest BCUT2D eigenvalue weighted by Gasteiger charge is 2.39. The largest absolute Gasteiger partial charge is 0.346 e. The van der Waals surface area contributed by atoms with Crippen LogP contribution in [-0.2, 0) is 19.6 Å². The summed E-state index contributed by atoms with van der Waals surface area (Å²) in [6, 6.07) is 12.8. The van der Waals surface area contributed by atoms with Crippen molar-refractivity contribution in [1.29, 1.82) is 0 Å². The Morgan fingerprint density at radius 2 is 1.76 bits per heavy atom. The minimum absolute atomic E-state index is 0.163. The summed E-state index contributed by atoms with van der Waals surface area (Å²) in [5.74, 6) is -0.851. The van der Waals surface area contributed by atoms with E-state index in [1.54, 1.807) is 48.5 Å². The van der Waals surface area contributed by atoms with Crippen molar-refractivity contribution in [3.8, 4) is 0 Å². The Morgan fingerprint density at radius 3 is 2.41 bits per heavy atom. The second-order valence-electron chi connectivity index (χ2n) is 6.86. The third kappa shape index (κ3) is 5.23. The molecule has 2 N–H and O–H groups in total. The van der Waals surface area contributed by atoms with Crippen LogP contribution in [-0.4, -0.2) is 43.7 Å². The molecule has 9 heteroatoms. The first kappa shape index (κ1) is 21.5. The van der Waals surface area contributed by atoms with Crippen molar-refractivity contribution in [3.05, 3.63) is 58.6 Å². The fourth-order valence-electron chi connectivity index (χ4n) is 3.16. The summed E-state index contributed by atoms with van der Waals surface area (Å²) in [6.45, 7) is 1.92. The number of benzene rings is 2. The lowest BCUT2D eigenvalue weighted by atomic mass is 10.2. The van der Waals surface area contributed by atoms with Crippen molar-refractivity contribution in [2.24, 2.45) is 0 Å². The molecule has 154 valence electrons. The molecule has 1 unspecified atom stereocenters. The van der Waals surface area contributed by atoms with Gasteiger partial charge in [-0.05, 0) is 56.2 Å². The fourth-order valence-corrected chi connectivity index (χ4v) is 5.08. The summed E-state index contributed by atoms with van der Waals surface area (Å²) < 4.78 is 28.0. The highest BCUT2D eigenvalue weighted by Crippen LogP contribution is 2.26. The van der Waals surface area contributed by atoms with Gasteiger partial charge >= 0.3 is 0 Å². The maximum atomic E-state index is 12.9. The molecule has 1 aliphatic rings. The zero-order chi connectivity index (χ0) is 21.0. The predicted molar refractivity (Wildman–Crippen MR) is 114 cm³/mol. The van der Waals surface area contributed by atoms with E-state index in [1.807, 2.05) is 6.92 Å². The van der Waals surface area contributed by atoms with Gasteiger partial charge in [-0.2, -0.15) is 4.31 Å². The van der Waals surface area contributed by atoms with Crippen LogP contribution in [0.3, 0.4) is 0 Å². The number of rotatable bonds is 6. The molecule has 7 nitrogen and oxygen atoms in total. The topological polar surface area (TPSA) is 95.6 Å². The van der Waals surface area contributed by atoms with E-state index in [0.717, 1.165) is 10.0 Å². The van der Waals surface area contributed by atoms with E-state index >= 15 is 0 Å². The van der Waals surface area contributed by atoms with Crippen LogP contribution in [0.1, 0.15) is 18.4 Å². The lowest BCUT2D eigenvalue weighted by Gasteiger charge is -2.23. The van der Waals surface area contributed by atoms with Gasteiger partial charge in [0.25, 0.3) is 0 Å². The smallest absolute Gasteiger partial charge is 0.243 e. The Morgan fingerprint density at radius 1 is 1.10 bits per heavy atom. The number of anilines is 1. The molecule has 2 amide bonds. The summed E-state index contributed by atoms with van der Waals surface area (Å²) >= 11 is 3.32. The van der Waals surface area contributed by atoms with Crippen LogP contribution < -0.4 is 10.6 Å². The van der Waals surface area contributed by atoms with Gasteiger partial charge < -0.3 is 10.6 Å². The Kier molecular flexibility index (Phi) is 6.71. The van der Waals surface area contributed by atoms with Gasteiger partial charge in [0.05, 0.1) is 11.4 Å². The monoisotopic (exact) mass is 479 g/mol. The van der Waals surface area contributed by atoms with Gasteiger partial charge in [-0.25, -0.2) is 8.42 Å². The van der Waals surface area contributed by atoms with Gasteiger partial charge in [0.1, 0.15) is 6.04 Å². The Labute approximate surface area is 178 Å². The highest BCUT2D eigenvalue weighted by molar-refractivity contribution is 9.10. The first-order valence-electron chi connectivity index (χ1n) is 9.19. The maximum absolute atomic E-state index is 12.9. The molecule has 1 fully saturated rings. The minimum Gasteiger partial charge on any atom is -0.346 e. The van der Waals surface area contributed by atoms with Crippen LogP contribution in [0.15, 0.2) is 57.9 Å². The maximum Gasteiger partial charge on any atom is 0.243 e. The summed E-state index contributed by atoms with van der Waals surface area (Å²) in [6.07, 6.45) is 1.01. The van der Waals surface area contributed by atoms with Crippen LogP contribution in [0.4, 0.5) is 5.69 Å². The molecule has 2 aromatic rings. The SMILES string of the molecule is Cc1ccc(S(=O)(=O)N2CCCC2C(=O)NCC(=O)Nc2ccc(Br)cc2)cc1. The van der Waals surface area contributed by atoms with Gasteiger partial charge in [-0.1, -0.05) is 33.6 Å². The van der Waals surface area contributed by atoms with Crippen molar-refractivity contribution >= 4 is 43.5 Å². The number of nitrogens with zero attached hydrogens (tertiary/aromatic N) is 1. The van der Waals surface area contributed by atoms with Crippen LogP contribution in [0, 0.1) is 6.92 Å². The number of halogens is 1. The molecule has 2 aromatic carbocycles. The van der Waals surface area contributed by atoms with E-state index in [0.29, 0.717) is 18.5 Å². The van der Waals surface area contributed by atoms with E-state index in [9.17, 15) is 18.0 Å². The molecule has 0 spiro atoms. The summed E-state index contributed by atoms with van der Waals surface area (Å²) in [5.41, 5.74) is 1.56. The Hall–Kier alpha value is -2.23. The second-order valence-corrected chi connectivity index (χ2v) is 9.67. The molecule has 0 aromatic heterocycles. The third-order valence-electron chi connectivity index (χ3n) is 4.69. The standard InChI is InChI=1S/C20H22BrN3O4S/c1-14-4-10-17(11-5-14)29(27,28)24-12-2-3-18(24)20(26)22-13-19(25)23-16-8-6-15(21)7-9-16/h4-11,18H,2-3,12-13H2,1H3,(H,22,26)(H,23,25). The van der Waals surface area contributed by atoms with E-state index < -0.39 is 22.0 Å². The molecule has 29 heavy (non-hydrogen) atoms. The average Bonchev–Trinajstić information content (AvgIpc) is 3.19. The average molecular weight is 480 g/mol. The molecule has 3 rings (SSSR count). The van der Waals surface area contributed by atoms with Gasteiger partial charge in [-0.3, -0.25) is 9.59 Å². The molecular formula is C20H22BrN3O4S. The fraction of sp³-hybridized carbons (Fsp3) is 0.300. The number of carbonyl (C=O) groups excluding carboxylic acids is 2. The van der Waals surface area contributed by atoms with Crippen molar-refractivity contribution in [2.75, 3.05) is 18.4 Å². The molecule has 0 bridgehead atoms. The molecule has 0 radical (unpaired) electrons.